The number of rotatable bonds is 31. The van der Waals surface area contributed by atoms with E-state index in [0.29, 0.717) is 106 Å². The number of amides is 4. The van der Waals surface area contributed by atoms with E-state index in [4.69, 9.17) is 55.9 Å². The molecular formula is C54H66Cl4N12O7S2. The number of halogens is 4. The molecule has 2 aliphatic rings. The highest BCUT2D eigenvalue weighted by molar-refractivity contribution is 7.89. The van der Waals surface area contributed by atoms with Gasteiger partial charge in [-0.2, -0.15) is 0 Å². The molecule has 2 aromatic heterocycles. The first-order chi connectivity index (χ1) is 38.3. The molecule has 2 aliphatic carbocycles. The van der Waals surface area contributed by atoms with Gasteiger partial charge in [-0.15, -0.1) is 14.9 Å². The maximum atomic E-state index is 12.9. The van der Waals surface area contributed by atoms with Crippen LogP contribution < -0.4 is 40.2 Å². The molecule has 0 fully saturated rings. The minimum Gasteiger partial charge on any atom is -0.593 e. The van der Waals surface area contributed by atoms with Gasteiger partial charge >= 0.3 is 12.1 Å². The van der Waals surface area contributed by atoms with Crippen LogP contribution in [0.3, 0.4) is 0 Å². The fourth-order valence-corrected chi connectivity index (χ4v) is 12.5. The zero-order valence-corrected chi connectivity index (χ0v) is 48.3. The van der Waals surface area contributed by atoms with E-state index in [-0.39, 0.29) is 42.3 Å². The molecule has 424 valence electrons. The van der Waals surface area contributed by atoms with Crippen LogP contribution in [-0.2, 0) is 60.4 Å². The molecule has 2 heterocycles. The summed E-state index contributed by atoms with van der Waals surface area (Å²) in [5.74, 6) is 1.27. The van der Waals surface area contributed by atoms with Crippen molar-refractivity contribution in [2.75, 3.05) is 26.2 Å². The average molecular weight is 1200 g/mol. The number of sulfonamides is 1. The second kappa shape index (κ2) is 29.9. The number of ether oxygens (including phenoxy) is 2. The summed E-state index contributed by atoms with van der Waals surface area (Å²) in [7, 11) is -3.67. The van der Waals surface area contributed by atoms with Crippen LogP contribution in [0.15, 0.2) is 95.0 Å². The number of fused-ring (bicyclic) bond motifs is 2. The van der Waals surface area contributed by atoms with E-state index < -0.39 is 21.4 Å². The summed E-state index contributed by atoms with van der Waals surface area (Å²) in [4.78, 5) is 25.6. The zero-order valence-electron chi connectivity index (χ0n) is 43.7. The van der Waals surface area contributed by atoms with Crippen LogP contribution in [0.5, 0.6) is 11.5 Å². The first-order valence-corrected chi connectivity index (χ1v) is 30.9. The number of unbranched alkanes of at least 4 members (excludes halogenated alkanes) is 7. The van der Waals surface area contributed by atoms with Gasteiger partial charge < -0.3 is 35.3 Å². The van der Waals surface area contributed by atoms with Crippen molar-refractivity contribution in [2.24, 2.45) is 0 Å². The number of carbonyl (C=O) groups is 2. The van der Waals surface area contributed by atoms with Crippen LogP contribution in [-0.4, -0.2) is 81.2 Å². The summed E-state index contributed by atoms with van der Waals surface area (Å²) < 4.78 is 60.3. The molecule has 0 aliphatic heterocycles. The number of aromatic nitrogens is 6. The highest BCUT2D eigenvalue weighted by Gasteiger charge is 2.28. The van der Waals surface area contributed by atoms with E-state index >= 15 is 0 Å². The van der Waals surface area contributed by atoms with Crippen molar-refractivity contribution in [1.82, 2.24) is 60.7 Å². The number of benzene rings is 4. The largest absolute Gasteiger partial charge is 0.593 e. The molecular weight excluding hydrogens is 1130 g/mol. The minimum absolute atomic E-state index is 0.120. The summed E-state index contributed by atoms with van der Waals surface area (Å²) in [5.41, 5.74) is 5.39. The van der Waals surface area contributed by atoms with Gasteiger partial charge in [-0.1, -0.05) is 82.5 Å². The van der Waals surface area contributed by atoms with Crippen molar-refractivity contribution < 1.29 is 32.0 Å². The summed E-state index contributed by atoms with van der Waals surface area (Å²) in [6, 6.07) is 20.4. The number of nitrogens with one attached hydrogen (secondary N) is 6. The highest BCUT2D eigenvalue weighted by atomic mass is 35.5. The lowest BCUT2D eigenvalue weighted by atomic mass is 10.1. The molecule has 6 N–H and O–H groups in total. The Bertz CT molecular complexity index is 3060. The Morgan fingerprint density at radius 1 is 0.595 bits per heavy atom. The topological polar surface area (TPSA) is 243 Å². The molecule has 79 heavy (non-hydrogen) atoms. The molecule has 19 nitrogen and oxygen atoms in total. The number of urea groups is 2. The zero-order chi connectivity index (χ0) is 55.6. The molecule has 4 aromatic carbocycles. The van der Waals surface area contributed by atoms with Gasteiger partial charge in [-0.05, 0) is 159 Å². The number of aryl methyl sites for hydroxylation is 2. The molecule has 0 bridgehead atoms. The maximum absolute atomic E-state index is 12.9. The van der Waals surface area contributed by atoms with Crippen molar-refractivity contribution in [3.63, 3.8) is 0 Å². The average Bonchev–Trinajstić information content (AvgIpc) is 4.43. The Labute approximate surface area is 484 Å². The van der Waals surface area contributed by atoms with Gasteiger partial charge in [0, 0.05) is 59.4 Å². The Balaban J connectivity index is 0.581. The van der Waals surface area contributed by atoms with Crippen LogP contribution in [0.1, 0.15) is 123 Å². The van der Waals surface area contributed by atoms with Crippen LogP contribution in [0.4, 0.5) is 9.59 Å². The molecule has 0 saturated carbocycles. The quantitative estimate of drug-likeness (QED) is 0.0176. The lowest BCUT2D eigenvalue weighted by molar-refractivity contribution is 0.207. The predicted molar refractivity (Wildman–Crippen MR) is 305 cm³/mol. The van der Waals surface area contributed by atoms with Crippen LogP contribution in [0.2, 0.25) is 20.1 Å². The number of hydrogen-bond donors (Lipinski definition) is 6. The third-order valence-electron chi connectivity index (χ3n) is 13.5. The van der Waals surface area contributed by atoms with E-state index in [1.807, 2.05) is 42.6 Å². The van der Waals surface area contributed by atoms with Gasteiger partial charge in [0.1, 0.15) is 35.1 Å². The second-order valence-corrected chi connectivity index (χ2v) is 24.2. The standard InChI is InChI=1S/C54H66Cl4N12O7S2/c55-37-29-47-45(49(57)31-37)19-21-51(47)76-41-11-15-43(16-12-41)78(73)63-25-5-1-3-9-27-69-35-39(65-67-69)33-61-53(71)59-23-7-8-24-60-54(72)62-34-40-36-70(68-66-40)28-10-4-2-6-26-64-79(74,75)44-17-13-42(14-18-44)77-52-22-20-46-48(52)30-38(56)32-50(46)58/h11-18,29-32,35-36,51-52,63-64H,1-10,19-28,33-34H2,(H2,59,61,71)(H2,60,62,72)/t51-,52-,78?/m1/s1. The van der Waals surface area contributed by atoms with Gasteiger partial charge in [0.25, 0.3) is 0 Å². The Morgan fingerprint density at radius 2 is 1.05 bits per heavy atom. The lowest BCUT2D eigenvalue weighted by Crippen LogP contribution is -2.37. The third kappa shape index (κ3) is 18.3. The Hall–Kier alpha value is -5.36. The minimum atomic E-state index is -3.67. The summed E-state index contributed by atoms with van der Waals surface area (Å²) >= 11 is 23.8. The molecule has 6 aromatic rings. The maximum Gasteiger partial charge on any atom is 0.315 e. The van der Waals surface area contributed by atoms with Gasteiger partial charge in [-0.3, -0.25) is 9.36 Å². The number of carbonyl (C=O) groups excluding carboxylic acids is 2. The van der Waals surface area contributed by atoms with Crippen LogP contribution >= 0.6 is 46.4 Å². The van der Waals surface area contributed by atoms with Gasteiger partial charge in [0.2, 0.25) is 10.0 Å². The van der Waals surface area contributed by atoms with E-state index in [2.05, 4.69) is 51.3 Å². The van der Waals surface area contributed by atoms with Crippen molar-refractivity contribution in [3.05, 3.63) is 139 Å². The van der Waals surface area contributed by atoms with Crippen LogP contribution in [0.25, 0.3) is 0 Å². The molecule has 25 heteroatoms. The molecule has 4 amide bonds. The third-order valence-corrected chi connectivity index (χ3v) is 17.2. The molecule has 0 spiro atoms. The molecule has 3 atom stereocenters. The van der Waals surface area contributed by atoms with Crippen LogP contribution in [0, 0.1) is 0 Å². The molecule has 0 radical (unpaired) electrons. The summed E-state index contributed by atoms with van der Waals surface area (Å²) in [6.07, 6.45) is 14.9. The number of nitrogens with zero attached hydrogens (tertiary/aromatic N) is 6. The lowest BCUT2D eigenvalue weighted by Gasteiger charge is -2.16. The van der Waals surface area contributed by atoms with Crippen molar-refractivity contribution >= 4 is 79.9 Å². The SMILES string of the molecule is O=C(NCCCCNC(=O)NCc1cn(CCCCCCNS(=O)(=O)c2ccc(O[C@@H]3CCc4c(Cl)cc(Cl)cc43)cc2)nn1)NCc1cn(CCCCCCN[S+]([O-])c2ccc(O[C@@H]3CCc4c(Cl)cc(Cl)cc43)cc2)nn1. The fourth-order valence-electron chi connectivity index (χ4n) is 9.34. The molecule has 0 saturated heterocycles. The summed E-state index contributed by atoms with van der Waals surface area (Å²) in [6.45, 7) is 3.65. The van der Waals surface area contributed by atoms with Crippen molar-refractivity contribution in [2.45, 2.75) is 138 Å². The first-order valence-electron chi connectivity index (χ1n) is 26.7. The van der Waals surface area contributed by atoms with Gasteiger partial charge in [0.15, 0.2) is 4.90 Å². The molecule has 8 rings (SSSR count). The molecule has 1 unspecified atom stereocenters. The van der Waals surface area contributed by atoms with E-state index in [1.54, 1.807) is 52.0 Å². The van der Waals surface area contributed by atoms with E-state index in [0.717, 1.165) is 92.9 Å². The Morgan fingerprint density at radius 3 is 1.56 bits per heavy atom. The van der Waals surface area contributed by atoms with Crippen molar-refractivity contribution in [1.29, 1.82) is 0 Å². The van der Waals surface area contributed by atoms with Crippen molar-refractivity contribution in [3.8, 4) is 11.5 Å². The van der Waals surface area contributed by atoms with E-state index in [9.17, 15) is 22.6 Å². The predicted octanol–water partition coefficient (Wildman–Crippen LogP) is 10.1. The van der Waals surface area contributed by atoms with Gasteiger partial charge in [-0.25, -0.2) is 22.7 Å². The second-order valence-electron chi connectivity index (χ2n) is 19.4. The monoisotopic (exact) mass is 1200 g/mol. The smallest absolute Gasteiger partial charge is 0.315 e. The first kappa shape index (κ1) is 59.8. The van der Waals surface area contributed by atoms with E-state index in [1.165, 1.54) is 0 Å². The number of hydrogen-bond acceptors (Lipinski definition) is 12. The Kier molecular flexibility index (Phi) is 22.6. The fraction of sp³-hybridized carbons (Fsp3) is 0.444. The highest BCUT2D eigenvalue weighted by Crippen LogP contribution is 2.42. The summed E-state index contributed by atoms with van der Waals surface area (Å²) in [5, 5.41) is 30.3. The normalized spacial score (nSPS) is 15.1. The van der Waals surface area contributed by atoms with Gasteiger partial charge in [0.05, 0.1) is 41.7 Å².